The maximum atomic E-state index is 5.93. The monoisotopic (exact) mass is 397 g/mol. The third-order valence-electron chi connectivity index (χ3n) is 5.06. The molecule has 1 aliphatic rings. The van der Waals surface area contributed by atoms with Crippen LogP contribution in [0.5, 0.6) is 0 Å². The lowest BCUT2D eigenvalue weighted by molar-refractivity contribution is 0.0124. The number of aryl methyl sites for hydroxylation is 1. The third kappa shape index (κ3) is 4.57. The lowest BCUT2D eigenvalue weighted by Gasteiger charge is -2.33. The molecule has 9 nitrogen and oxygen atoms in total. The van der Waals surface area contributed by atoms with Crippen LogP contribution in [0.15, 0.2) is 45.9 Å². The number of ether oxygens (including phenoxy) is 1. The number of nitrogens with one attached hydrogen (secondary N) is 2. The minimum atomic E-state index is 0.111. The summed E-state index contributed by atoms with van der Waals surface area (Å²) in [6, 6.07) is 10.0. The predicted molar refractivity (Wildman–Crippen MR) is 110 cm³/mol. The molecule has 4 heterocycles. The highest BCUT2D eigenvalue weighted by Crippen LogP contribution is 2.23. The largest absolute Gasteiger partial charge is 0.465 e. The first-order valence-corrected chi connectivity index (χ1v) is 9.86. The van der Waals surface area contributed by atoms with Crippen molar-refractivity contribution in [2.75, 3.05) is 39.9 Å². The van der Waals surface area contributed by atoms with Gasteiger partial charge in [-0.25, -0.2) is 0 Å². The highest BCUT2D eigenvalue weighted by Gasteiger charge is 2.25. The molecule has 1 atom stereocenters. The SMILES string of the molecule is CN=C(NCc1nnc2ccccn12)NCC(c1ccc(C)o1)N1CCOCC1. The highest BCUT2D eigenvalue weighted by atomic mass is 16.5. The summed E-state index contributed by atoms with van der Waals surface area (Å²) < 4.78 is 13.4. The molecule has 0 saturated carbocycles. The van der Waals surface area contributed by atoms with E-state index in [-0.39, 0.29) is 6.04 Å². The molecular weight excluding hydrogens is 370 g/mol. The van der Waals surface area contributed by atoms with Gasteiger partial charge in [-0.3, -0.25) is 14.3 Å². The molecule has 0 radical (unpaired) electrons. The summed E-state index contributed by atoms with van der Waals surface area (Å²) in [7, 11) is 1.76. The minimum absolute atomic E-state index is 0.111. The van der Waals surface area contributed by atoms with Crippen molar-refractivity contribution in [2.45, 2.75) is 19.5 Å². The smallest absolute Gasteiger partial charge is 0.191 e. The summed E-state index contributed by atoms with van der Waals surface area (Å²) >= 11 is 0. The molecule has 2 N–H and O–H groups in total. The number of morpholine rings is 1. The lowest BCUT2D eigenvalue weighted by atomic mass is 10.1. The number of hydrogen-bond donors (Lipinski definition) is 2. The van der Waals surface area contributed by atoms with Crippen LogP contribution in [0.2, 0.25) is 0 Å². The van der Waals surface area contributed by atoms with Crippen LogP contribution in [0.1, 0.15) is 23.4 Å². The molecular formula is C20H27N7O2. The first kappa shape index (κ1) is 19.4. The van der Waals surface area contributed by atoms with Crippen molar-refractivity contribution < 1.29 is 9.15 Å². The summed E-state index contributed by atoms with van der Waals surface area (Å²) in [6.45, 7) is 6.40. The molecule has 0 aromatic carbocycles. The number of pyridine rings is 1. The van der Waals surface area contributed by atoms with Gasteiger partial charge in [-0.15, -0.1) is 10.2 Å². The fourth-order valence-corrected chi connectivity index (χ4v) is 3.52. The van der Waals surface area contributed by atoms with E-state index in [1.807, 2.05) is 41.8 Å². The molecule has 0 amide bonds. The van der Waals surface area contributed by atoms with E-state index in [1.165, 1.54) is 0 Å². The summed E-state index contributed by atoms with van der Waals surface area (Å²) in [5, 5.41) is 15.2. The average Bonchev–Trinajstić information content (AvgIpc) is 3.37. The van der Waals surface area contributed by atoms with Crippen LogP contribution in [-0.2, 0) is 11.3 Å². The van der Waals surface area contributed by atoms with Gasteiger partial charge in [0.25, 0.3) is 0 Å². The Kier molecular flexibility index (Phi) is 6.06. The standard InChI is InChI=1S/C20H27N7O2/c1-15-6-7-17(29-15)16(26-9-11-28-12-10-26)13-22-20(21-2)23-14-19-25-24-18-5-3-4-8-27(18)19/h3-8,16H,9-14H2,1-2H3,(H2,21,22,23). The van der Waals surface area contributed by atoms with Crippen molar-refractivity contribution in [3.8, 4) is 0 Å². The molecule has 1 fully saturated rings. The first-order chi connectivity index (χ1) is 14.2. The topological polar surface area (TPSA) is 92.2 Å². The molecule has 1 saturated heterocycles. The first-order valence-electron chi connectivity index (χ1n) is 9.86. The maximum absolute atomic E-state index is 5.93. The number of hydrogen-bond acceptors (Lipinski definition) is 6. The van der Waals surface area contributed by atoms with E-state index in [0.29, 0.717) is 19.0 Å². The van der Waals surface area contributed by atoms with Crippen molar-refractivity contribution in [1.82, 2.24) is 30.1 Å². The van der Waals surface area contributed by atoms with Crippen LogP contribution in [-0.4, -0.2) is 65.4 Å². The van der Waals surface area contributed by atoms with Crippen LogP contribution in [0, 0.1) is 6.92 Å². The number of guanidine groups is 1. The second kappa shape index (κ2) is 9.06. The average molecular weight is 397 g/mol. The van der Waals surface area contributed by atoms with Crippen LogP contribution >= 0.6 is 0 Å². The number of furan rings is 1. The van der Waals surface area contributed by atoms with E-state index in [9.17, 15) is 0 Å². The van der Waals surface area contributed by atoms with Gasteiger partial charge >= 0.3 is 0 Å². The predicted octanol–water partition coefficient (Wildman–Crippen LogP) is 1.37. The van der Waals surface area contributed by atoms with Gasteiger partial charge in [-0.2, -0.15) is 0 Å². The van der Waals surface area contributed by atoms with Gasteiger partial charge in [-0.05, 0) is 31.2 Å². The van der Waals surface area contributed by atoms with Gasteiger partial charge in [-0.1, -0.05) is 6.07 Å². The van der Waals surface area contributed by atoms with E-state index in [0.717, 1.165) is 49.3 Å². The zero-order valence-electron chi connectivity index (χ0n) is 16.8. The van der Waals surface area contributed by atoms with Crippen molar-refractivity contribution in [2.24, 2.45) is 4.99 Å². The molecule has 3 aromatic rings. The Balaban J connectivity index is 1.40. The van der Waals surface area contributed by atoms with Gasteiger partial charge in [0.1, 0.15) is 11.5 Å². The lowest BCUT2D eigenvalue weighted by Crippen LogP contribution is -2.46. The normalized spacial score (nSPS) is 16.8. The third-order valence-corrected chi connectivity index (χ3v) is 5.06. The quantitative estimate of drug-likeness (QED) is 0.479. The van der Waals surface area contributed by atoms with Crippen LogP contribution < -0.4 is 10.6 Å². The van der Waals surface area contributed by atoms with Gasteiger partial charge in [0.05, 0.1) is 25.8 Å². The van der Waals surface area contributed by atoms with Crippen LogP contribution in [0.25, 0.3) is 5.65 Å². The molecule has 3 aromatic heterocycles. The molecule has 4 rings (SSSR count). The summed E-state index contributed by atoms with van der Waals surface area (Å²) in [5.41, 5.74) is 0.827. The highest BCUT2D eigenvalue weighted by molar-refractivity contribution is 5.79. The maximum Gasteiger partial charge on any atom is 0.191 e. The zero-order valence-corrected chi connectivity index (χ0v) is 16.8. The summed E-state index contributed by atoms with van der Waals surface area (Å²) in [6.07, 6.45) is 1.95. The van der Waals surface area contributed by atoms with Gasteiger partial charge < -0.3 is 19.8 Å². The molecule has 0 bridgehead atoms. The number of rotatable bonds is 6. The van der Waals surface area contributed by atoms with E-state index in [1.54, 1.807) is 7.05 Å². The Bertz CT molecular complexity index is 959. The Labute approximate surface area is 169 Å². The Morgan fingerprint density at radius 3 is 2.79 bits per heavy atom. The Morgan fingerprint density at radius 2 is 2.03 bits per heavy atom. The molecule has 1 aliphatic heterocycles. The number of fused-ring (bicyclic) bond motifs is 1. The van der Waals surface area contributed by atoms with Gasteiger partial charge in [0.2, 0.25) is 0 Å². The number of aromatic nitrogens is 3. The molecule has 0 aliphatic carbocycles. The van der Waals surface area contributed by atoms with Crippen molar-refractivity contribution in [1.29, 1.82) is 0 Å². The Morgan fingerprint density at radius 1 is 1.17 bits per heavy atom. The van der Waals surface area contributed by atoms with Crippen LogP contribution in [0.4, 0.5) is 0 Å². The zero-order chi connectivity index (χ0) is 20.1. The van der Waals surface area contributed by atoms with Gasteiger partial charge in [0, 0.05) is 32.9 Å². The summed E-state index contributed by atoms with van der Waals surface area (Å²) in [4.78, 5) is 6.73. The second-order valence-electron chi connectivity index (χ2n) is 6.96. The fraction of sp³-hybridized carbons (Fsp3) is 0.450. The van der Waals surface area contributed by atoms with E-state index < -0.39 is 0 Å². The molecule has 29 heavy (non-hydrogen) atoms. The fourth-order valence-electron chi connectivity index (χ4n) is 3.52. The van der Waals surface area contributed by atoms with E-state index >= 15 is 0 Å². The van der Waals surface area contributed by atoms with Crippen molar-refractivity contribution in [3.05, 3.63) is 53.9 Å². The second-order valence-corrected chi connectivity index (χ2v) is 6.96. The van der Waals surface area contributed by atoms with Gasteiger partial charge in [0.15, 0.2) is 17.4 Å². The number of nitrogens with zero attached hydrogens (tertiary/aromatic N) is 5. The van der Waals surface area contributed by atoms with Crippen molar-refractivity contribution >= 4 is 11.6 Å². The van der Waals surface area contributed by atoms with Crippen LogP contribution in [0.3, 0.4) is 0 Å². The molecule has 0 spiro atoms. The Hall–Kier alpha value is -2.91. The minimum Gasteiger partial charge on any atom is -0.465 e. The molecule has 9 heteroatoms. The summed E-state index contributed by atoms with van der Waals surface area (Å²) in [5.74, 6) is 3.41. The van der Waals surface area contributed by atoms with E-state index in [4.69, 9.17) is 9.15 Å². The number of aliphatic imine (C=N–C) groups is 1. The van der Waals surface area contributed by atoms with Crippen molar-refractivity contribution in [3.63, 3.8) is 0 Å². The molecule has 154 valence electrons. The molecule has 1 unspecified atom stereocenters. The van der Waals surface area contributed by atoms with E-state index in [2.05, 4.69) is 36.8 Å².